The number of rotatable bonds is 7. The van der Waals surface area contributed by atoms with E-state index in [1.54, 1.807) is 0 Å². The molecule has 108 valence electrons. The summed E-state index contributed by atoms with van der Waals surface area (Å²) in [5, 5.41) is 0. The molecular weight excluding hydrogens is 302 g/mol. The van der Waals surface area contributed by atoms with Crippen LogP contribution in [0.1, 0.15) is 19.4 Å². The minimum Gasteiger partial charge on any atom is -0.370 e. The van der Waals surface area contributed by atoms with Crippen LogP contribution in [-0.4, -0.2) is 38.6 Å². The van der Waals surface area contributed by atoms with Gasteiger partial charge in [0.2, 0.25) is 0 Å². The van der Waals surface area contributed by atoms with Gasteiger partial charge < -0.3 is 15.5 Å². The number of nitrogens with zero attached hydrogens (tertiary/aromatic N) is 2. The SMILES string of the molecule is CC(C)CN(CCN(C)C)c1cc(Br)cc(CN)c1. The summed E-state index contributed by atoms with van der Waals surface area (Å²) in [5.41, 5.74) is 8.19. The highest BCUT2D eigenvalue weighted by Crippen LogP contribution is 2.23. The van der Waals surface area contributed by atoms with Crippen molar-refractivity contribution in [2.45, 2.75) is 20.4 Å². The van der Waals surface area contributed by atoms with Gasteiger partial charge in [-0.05, 0) is 43.8 Å². The molecule has 4 heteroatoms. The molecule has 0 aromatic heterocycles. The second-order valence-corrected chi connectivity index (χ2v) is 6.58. The van der Waals surface area contributed by atoms with Crippen molar-refractivity contribution in [1.82, 2.24) is 4.90 Å². The third-order valence-corrected chi connectivity index (χ3v) is 3.40. The average molecular weight is 328 g/mol. The number of hydrogen-bond acceptors (Lipinski definition) is 3. The van der Waals surface area contributed by atoms with Crippen LogP contribution in [0.2, 0.25) is 0 Å². The first-order chi connectivity index (χ1) is 8.92. The molecule has 0 heterocycles. The molecule has 0 saturated carbocycles. The fourth-order valence-electron chi connectivity index (χ4n) is 2.02. The van der Waals surface area contributed by atoms with Gasteiger partial charge in [-0.15, -0.1) is 0 Å². The smallest absolute Gasteiger partial charge is 0.0381 e. The molecule has 3 nitrogen and oxygen atoms in total. The van der Waals surface area contributed by atoms with Gasteiger partial charge in [-0.3, -0.25) is 0 Å². The van der Waals surface area contributed by atoms with E-state index in [4.69, 9.17) is 5.73 Å². The molecule has 2 N–H and O–H groups in total. The van der Waals surface area contributed by atoms with E-state index in [0.29, 0.717) is 12.5 Å². The number of hydrogen-bond donors (Lipinski definition) is 1. The fourth-order valence-corrected chi connectivity index (χ4v) is 2.55. The van der Waals surface area contributed by atoms with Crippen LogP contribution in [-0.2, 0) is 6.54 Å². The summed E-state index contributed by atoms with van der Waals surface area (Å²) in [4.78, 5) is 4.66. The molecule has 1 aromatic carbocycles. The van der Waals surface area contributed by atoms with Crippen LogP contribution in [0, 0.1) is 5.92 Å². The maximum Gasteiger partial charge on any atom is 0.0381 e. The van der Waals surface area contributed by atoms with Crippen molar-refractivity contribution < 1.29 is 0 Å². The van der Waals surface area contributed by atoms with E-state index in [9.17, 15) is 0 Å². The maximum atomic E-state index is 5.76. The van der Waals surface area contributed by atoms with Gasteiger partial charge in [0.05, 0.1) is 0 Å². The Morgan fingerprint density at radius 1 is 1.16 bits per heavy atom. The molecule has 0 aliphatic rings. The molecule has 19 heavy (non-hydrogen) atoms. The van der Waals surface area contributed by atoms with Gasteiger partial charge in [0.1, 0.15) is 0 Å². The molecule has 0 fully saturated rings. The van der Waals surface area contributed by atoms with Crippen molar-refractivity contribution in [2.24, 2.45) is 11.7 Å². The monoisotopic (exact) mass is 327 g/mol. The molecular formula is C15H26BrN3. The van der Waals surface area contributed by atoms with Crippen molar-refractivity contribution >= 4 is 21.6 Å². The summed E-state index contributed by atoms with van der Waals surface area (Å²) >= 11 is 3.58. The lowest BCUT2D eigenvalue weighted by molar-refractivity contribution is 0.409. The Hall–Kier alpha value is -0.580. The number of halogens is 1. The molecule has 1 rings (SSSR count). The summed E-state index contributed by atoms with van der Waals surface area (Å²) in [6, 6.07) is 6.46. The zero-order chi connectivity index (χ0) is 14.4. The second kappa shape index (κ2) is 7.88. The molecule has 0 unspecified atom stereocenters. The lowest BCUT2D eigenvalue weighted by atomic mass is 10.1. The van der Waals surface area contributed by atoms with E-state index >= 15 is 0 Å². The van der Waals surface area contributed by atoms with Gasteiger partial charge in [0.15, 0.2) is 0 Å². The van der Waals surface area contributed by atoms with Gasteiger partial charge in [-0.1, -0.05) is 29.8 Å². The van der Waals surface area contributed by atoms with E-state index in [1.807, 2.05) is 0 Å². The Balaban J connectivity index is 2.91. The van der Waals surface area contributed by atoms with Crippen LogP contribution in [0.4, 0.5) is 5.69 Å². The number of nitrogens with two attached hydrogens (primary N) is 1. The predicted octanol–water partition coefficient (Wildman–Crippen LogP) is 2.93. The van der Waals surface area contributed by atoms with E-state index < -0.39 is 0 Å². The summed E-state index contributed by atoms with van der Waals surface area (Å²) in [7, 11) is 4.22. The van der Waals surface area contributed by atoms with Crippen LogP contribution in [0.25, 0.3) is 0 Å². The van der Waals surface area contributed by atoms with E-state index in [0.717, 1.165) is 24.1 Å². The molecule has 0 saturated heterocycles. The number of anilines is 1. The highest BCUT2D eigenvalue weighted by molar-refractivity contribution is 9.10. The third-order valence-electron chi connectivity index (χ3n) is 2.95. The molecule has 0 atom stereocenters. The van der Waals surface area contributed by atoms with Gasteiger partial charge in [-0.2, -0.15) is 0 Å². The Morgan fingerprint density at radius 2 is 1.84 bits per heavy atom. The highest BCUT2D eigenvalue weighted by atomic mass is 79.9. The van der Waals surface area contributed by atoms with Crippen LogP contribution >= 0.6 is 15.9 Å². The van der Waals surface area contributed by atoms with Crippen molar-refractivity contribution in [3.63, 3.8) is 0 Å². The Kier molecular flexibility index (Phi) is 6.83. The van der Waals surface area contributed by atoms with Crippen LogP contribution in [0.15, 0.2) is 22.7 Å². The van der Waals surface area contributed by atoms with Gasteiger partial charge in [-0.25, -0.2) is 0 Å². The van der Waals surface area contributed by atoms with Crippen LogP contribution < -0.4 is 10.6 Å². The first kappa shape index (κ1) is 16.5. The lowest BCUT2D eigenvalue weighted by Crippen LogP contribution is -2.34. The Labute approximate surface area is 125 Å². The Morgan fingerprint density at radius 3 is 2.37 bits per heavy atom. The molecule has 0 radical (unpaired) electrons. The topological polar surface area (TPSA) is 32.5 Å². The number of likely N-dealkylation sites (N-methyl/N-ethyl adjacent to an activating group) is 1. The third kappa shape index (κ3) is 5.93. The van der Waals surface area contributed by atoms with Crippen molar-refractivity contribution in [3.05, 3.63) is 28.2 Å². The quantitative estimate of drug-likeness (QED) is 0.835. The standard InChI is InChI=1S/C15H26BrN3/c1-12(2)11-19(6-5-18(3)4)15-8-13(10-17)7-14(16)9-15/h7-9,12H,5-6,10-11,17H2,1-4H3. The van der Waals surface area contributed by atoms with Crippen LogP contribution in [0.5, 0.6) is 0 Å². The van der Waals surface area contributed by atoms with Crippen molar-refractivity contribution in [3.8, 4) is 0 Å². The average Bonchev–Trinajstić information content (AvgIpc) is 2.32. The first-order valence-corrected chi connectivity index (χ1v) is 7.61. The summed E-state index contributed by atoms with van der Waals surface area (Å²) in [5.74, 6) is 0.641. The van der Waals surface area contributed by atoms with Crippen LogP contribution in [0.3, 0.4) is 0 Å². The zero-order valence-corrected chi connectivity index (χ0v) is 14.1. The maximum absolute atomic E-state index is 5.76. The van der Waals surface area contributed by atoms with Gasteiger partial charge in [0.25, 0.3) is 0 Å². The minimum atomic E-state index is 0.579. The summed E-state index contributed by atoms with van der Waals surface area (Å²) in [6.07, 6.45) is 0. The molecule has 0 aliphatic carbocycles. The van der Waals surface area contributed by atoms with E-state index in [2.05, 4.69) is 71.9 Å². The zero-order valence-electron chi connectivity index (χ0n) is 12.5. The van der Waals surface area contributed by atoms with E-state index in [1.165, 1.54) is 11.3 Å². The predicted molar refractivity (Wildman–Crippen MR) is 87.6 cm³/mol. The molecule has 1 aromatic rings. The fraction of sp³-hybridized carbons (Fsp3) is 0.600. The summed E-state index contributed by atoms with van der Waals surface area (Å²) in [6.45, 7) is 8.24. The second-order valence-electron chi connectivity index (χ2n) is 5.66. The van der Waals surface area contributed by atoms with Crippen molar-refractivity contribution in [2.75, 3.05) is 38.6 Å². The van der Waals surface area contributed by atoms with E-state index in [-0.39, 0.29) is 0 Å². The largest absolute Gasteiger partial charge is 0.370 e. The van der Waals surface area contributed by atoms with Gasteiger partial charge in [0, 0.05) is 36.3 Å². The molecule has 0 aliphatic heterocycles. The molecule has 0 amide bonds. The number of benzene rings is 1. The molecule has 0 bridgehead atoms. The first-order valence-electron chi connectivity index (χ1n) is 6.81. The summed E-state index contributed by atoms with van der Waals surface area (Å²) < 4.78 is 1.10. The Bertz CT molecular complexity index is 391. The minimum absolute atomic E-state index is 0.579. The van der Waals surface area contributed by atoms with Gasteiger partial charge >= 0.3 is 0 Å². The van der Waals surface area contributed by atoms with Crippen molar-refractivity contribution in [1.29, 1.82) is 0 Å². The normalized spacial score (nSPS) is 11.4. The highest BCUT2D eigenvalue weighted by Gasteiger charge is 2.10. The molecule has 0 spiro atoms. The lowest BCUT2D eigenvalue weighted by Gasteiger charge is -2.28.